The van der Waals surface area contributed by atoms with Gasteiger partial charge in [-0.1, -0.05) is 13.0 Å². The zero-order valence-electron chi connectivity index (χ0n) is 18.1. The van der Waals surface area contributed by atoms with Crippen LogP contribution in [-0.4, -0.2) is 34.4 Å². The summed E-state index contributed by atoms with van der Waals surface area (Å²) in [6.45, 7) is 6.22. The zero-order chi connectivity index (χ0) is 22.3. The highest BCUT2D eigenvalue weighted by Gasteiger charge is 2.18. The summed E-state index contributed by atoms with van der Waals surface area (Å²) in [4.78, 5) is -0.0588. The number of nitrogens with one attached hydrogen (secondary N) is 1. The van der Waals surface area contributed by atoms with Crippen LogP contribution >= 0.6 is 12.4 Å². The number of ether oxygens (including phenoxy) is 3. The normalized spacial score (nSPS) is 13.1. The van der Waals surface area contributed by atoms with E-state index in [0.29, 0.717) is 24.5 Å². The molecule has 2 aromatic rings. The van der Waals surface area contributed by atoms with Gasteiger partial charge in [-0.3, -0.25) is 5.32 Å². The highest BCUT2D eigenvalue weighted by molar-refractivity contribution is 7.89. The Bertz CT molecular complexity index is 959. The lowest BCUT2D eigenvalue weighted by Crippen LogP contribution is -2.39. The lowest BCUT2D eigenvalue weighted by molar-refractivity contribution is 0.158. The van der Waals surface area contributed by atoms with Crippen molar-refractivity contribution in [3.05, 3.63) is 47.8 Å². The molecule has 0 saturated carbocycles. The first-order chi connectivity index (χ1) is 14.1. The molecular weight excluding hydrogens is 447 g/mol. The van der Waals surface area contributed by atoms with Gasteiger partial charge in [-0.25, -0.2) is 17.9 Å². The molecule has 2 atom stereocenters. The Kier molecular flexibility index (Phi) is 10.5. The van der Waals surface area contributed by atoms with Gasteiger partial charge >= 0.3 is 0 Å². The second-order valence-electron chi connectivity index (χ2n) is 7.00. The van der Waals surface area contributed by atoms with Crippen LogP contribution in [-0.2, 0) is 16.4 Å². The van der Waals surface area contributed by atoms with E-state index in [1.54, 1.807) is 25.1 Å². The molecule has 0 spiro atoms. The fraction of sp³-hybridized carbons (Fsp3) is 0.429. The summed E-state index contributed by atoms with van der Waals surface area (Å²) >= 11 is 0. The average Bonchev–Trinajstić information content (AvgIpc) is 2.66. The molecule has 31 heavy (non-hydrogen) atoms. The molecule has 0 heterocycles. The maximum absolute atomic E-state index is 13.6. The predicted octanol–water partition coefficient (Wildman–Crippen LogP) is 3.64. The lowest BCUT2D eigenvalue weighted by Gasteiger charge is -2.23. The summed E-state index contributed by atoms with van der Waals surface area (Å²) in [5, 5.41) is 8.53. The number of rotatable bonds is 11. The van der Waals surface area contributed by atoms with Crippen molar-refractivity contribution in [2.24, 2.45) is 5.14 Å². The summed E-state index contributed by atoms with van der Waals surface area (Å²) in [6.07, 6.45) is 0.897. The largest absolute Gasteiger partial charge is 0.495 e. The van der Waals surface area contributed by atoms with Gasteiger partial charge < -0.3 is 14.2 Å². The topological polar surface area (TPSA) is 99.9 Å². The van der Waals surface area contributed by atoms with Gasteiger partial charge in [0.25, 0.3) is 0 Å². The average molecular weight is 477 g/mol. The predicted molar refractivity (Wildman–Crippen MR) is 120 cm³/mol. The molecule has 0 fully saturated rings. The monoisotopic (exact) mass is 476 g/mol. The van der Waals surface area contributed by atoms with Crippen LogP contribution in [0.3, 0.4) is 0 Å². The van der Waals surface area contributed by atoms with Crippen molar-refractivity contribution in [2.75, 3.05) is 13.7 Å². The molecule has 0 bridgehead atoms. The molecular formula is C21H30ClFN2O5S. The SMILES string of the molecule is CCCOc1ccc(F)cc1OC(C)NC(C)Cc1ccc(OC)c(S(N)(=O)=O)c1.Cl. The van der Waals surface area contributed by atoms with Crippen LogP contribution in [0.2, 0.25) is 0 Å². The van der Waals surface area contributed by atoms with Crippen LogP contribution in [0.15, 0.2) is 41.3 Å². The van der Waals surface area contributed by atoms with Crippen LogP contribution in [0.25, 0.3) is 0 Å². The number of hydrogen-bond donors (Lipinski definition) is 2. The van der Waals surface area contributed by atoms with Crippen molar-refractivity contribution in [2.45, 2.75) is 50.8 Å². The number of hydrogen-bond acceptors (Lipinski definition) is 6. The van der Waals surface area contributed by atoms with Gasteiger partial charge in [0, 0.05) is 12.1 Å². The Morgan fingerprint density at radius 2 is 1.77 bits per heavy atom. The summed E-state index contributed by atoms with van der Waals surface area (Å²) < 4.78 is 53.7. The van der Waals surface area contributed by atoms with Gasteiger partial charge in [0.15, 0.2) is 11.5 Å². The molecule has 0 radical (unpaired) electrons. The van der Waals surface area contributed by atoms with Gasteiger partial charge in [0.2, 0.25) is 10.0 Å². The van der Waals surface area contributed by atoms with Gasteiger partial charge in [-0.15, -0.1) is 12.4 Å². The molecule has 174 valence electrons. The van der Waals surface area contributed by atoms with E-state index in [1.807, 2.05) is 13.8 Å². The van der Waals surface area contributed by atoms with Crippen LogP contribution < -0.4 is 24.7 Å². The van der Waals surface area contributed by atoms with Crippen molar-refractivity contribution >= 4 is 22.4 Å². The molecule has 0 amide bonds. The molecule has 0 aliphatic rings. The fourth-order valence-electron chi connectivity index (χ4n) is 3.01. The molecule has 0 saturated heterocycles. The Morgan fingerprint density at radius 3 is 2.39 bits per heavy atom. The minimum Gasteiger partial charge on any atom is -0.495 e. The van der Waals surface area contributed by atoms with Crippen molar-refractivity contribution in [1.82, 2.24) is 5.32 Å². The van der Waals surface area contributed by atoms with Crippen LogP contribution in [0, 0.1) is 5.82 Å². The molecule has 3 N–H and O–H groups in total. The van der Waals surface area contributed by atoms with Crippen molar-refractivity contribution < 1.29 is 27.0 Å². The van der Waals surface area contributed by atoms with Gasteiger partial charge in [0.05, 0.1) is 13.7 Å². The van der Waals surface area contributed by atoms with Gasteiger partial charge in [-0.2, -0.15) is 0 Å². The zero-order valence-corrected chi connectivity index (χ0v) is 19.7. The summed E-state index contributed by atoms with van der Waals surface area (Å²) in [7, 11) is -2.52. The smallest absolute Gasteiger partial charge is 0.241 e. The fourth-order valence-corrected chi connectivity index (χ4v) is 3.76. The second-order valence-corrected chi connectivity index (χ2v) is 8.53. The van der Waals surface area contributed by atoms with Crippen molar-refractivity contribution in [3.63, 3.8) is 0 Å². The third-order valence-electron chi connectivity index (χ3n) is 4.27. The third-order valence-corrected chi connectivity index (χ3v) is 5.20. The van der Waals surface area contributed by atoms with Crippen LogP contribution in [0.1, 0.15) is 32.8 Å². The first-order valence-corrected chi connectivity index (χ1v) is 11.2. The molecule has 2 rings (SSSR count). The summed E-state index contributed by atoms with van der Waals surface area (Å²) in [5.74, 6) is 0.580. The number of benzene rings is 2. The molecule has 0 aliphatic carbocycles. The molecule has 2 unspecified atom stereocenters. The number of primary sulfonamides is 1. The molecule has 0 aliphatic heterocycles. The Morgan fingerprint density at radius 1 is 1.10 bits per heavy atom. The van der Waals surface area contributed by atoms with E-state index in [4.69, 9.17) is 19.3 Å². The highest BCUT2D eigenvalue weighted by atomic mass is 35.5. The van der Waals surface area contributed by atoms with Gasteiger partial charge in [-0.05, 0) is 56.5 Å². The van der Waals surface area contributed by atoms with E-state index in [0.717, 1.165) is 12.0 Å². The molecule has 10 heteroatoms. The lowest BCUT2D eigenvalue weighted by atomic mass is 10.1. The maximum atomic E-state index is 13.6. The third kappa shape index (κ3) is 8.17. The quantitative estimate of drug-likeness (QED) is 0.480. The maximum Gasteiger partial charge on any atom is 0.241 e. The summed E-state index contributed by atoms with van der Waals surface area (Å²) in [5.41, 5.74) is 0.768. The Labute approximate surface area is 189 Å². The highest BCUT2D eigenvalue weighted by Crippen LogP contribution is 2.29. The first kappa shape index (κ1) is 27.0. The van der Waals surface area contributed by atoms with E-state index >= 15 is 0 Å². The molecule has 7 nitrogen and oxygen atoms in total. The minimum atomic E-state index is -3.90. The number of sulfonamides is 1. The van der Waals surface area contributed by atoms with Crippen molar-refractivity contribution in [3.8, 4) is 17.2 Å². The first-order valence-electron chi connectivity index (χ1n) is 9.68. The minimum absolute atomic E-state index is 0. The van der Waals surface area contributed by atoms with E-state index in [1.165, 1.54) is 25.3 Å². The van der Waals surface area contributed by atoms with E-state index in [-0.39, 0.29) is 29.1 Å². The van der Waals surface area contributed by atoms with E-state index < -0.39 is 22.1 Å². The number of methoxy groups -OCH3 is 1. The van der Waals surface area contributed by atoms with E-state index in [9.17, 15) is 12.8 Å². The van der Waals surface area contributed by atoms with Crippen LogP contribution in [0.4, 0.5) is 4.39 Å². The second kappa shape index (κ2) is 12.1. The van der Waals surface area contributed by atoms with Crippen molar-refractivity contribution in [1.29, 1.82) is 0 Å². The summed E-state index contributed by atoms with van der Waals surface area (Å²) in [6, 6.07) is 8.94. The molecule has 2 aromatic carbocycles. The standard InChI is InChI=1S/C21H29FN2O5S.ClH/c1-5-10-28-18-9-7-17(22)13-20(18)29-15(3)24-14(2)11-16-6-8-19(27-4)21(12-16)30(23,25)26;/h6-9,12-15,24H,5,10-11H2,1-4H3,(H2,23,25,26);1H. The van der Waals surface area contributed by atoms with Gasteiger partial charge in [0.1, 0.15) is 22.7 Å². The number of nitrogens with two attached hydrogens (primary N) is 1. The van der Waals surface area contributed by atoms with Crippen LogP contribution in [0.5, 0.6) is 17.2 Å². The van der Waals surface area contributed by atoms with E-state index in [2.05, 4.69) is 5.32 Å². The number of halogens is 2. The molecule has 0 aromatic heterocycles. The Hall–Kier alpha value is -2.07. The Balaban J connectivity index is 0.00000480.